The van der Waals surface area contributed by atoms with Gasteiger partial charge in [0, 0.05) is 16.4 Å². The Kier molecular flexibility index (Phi) is 3.63. The number of anilines is 1. The van der Waals surface area contributed by atoms with Gasteiger partial charge in [0.15, 0.2) is 0 Å². The maximum atomic E-state index is 12.0. The predicted molar refractivity (Wildman–Crippen MR) is 73.1 cm³/mol. The molecule has 0 bridgehead atoms. The van der Waals surface area contributed by atoms with Gasteiger partial charge in [0.05, 0.1) is 0 Å². The average molecular weight is 261 g/mol. The molecular weight excluding hydrogens is 248 g/mol. The fraction of sp³-hybridized carbons (Fsp3) is 0.143. The summed E-state index contributed by atoms with van der Waals surface area (Å²) in [6, 6.07) is 10.7. The van der Waals surface area contributed by atoms with Gasteiger partial charge in [0.2, 0.25) is 0 Å². The van der Waals surface area contributed by atoms with E-state index in [-0.39, 0.29) is 5.91 Å². The van der Waals surface area contributed by atoms with Crippen LogP contribution in [0.1, 0.15) is 21.7 Å². The van der Waals surface area contributed by atoms with E-state index in [0.717, 1.165) is 11.3 Å². The Morgan fingerprint density at radius 2 is 1.83 bits per heavy atom. The number of pyridine rings is 1. The van der Waals surface area contributed by atoms with Gasteiger partial charge in [-0.2, -0.15) is 0 Å². The molecule has 1 heterocycles. The molecule has 92 valence electrons. The number of nitrogens with zero attached hydrogens (tertiary/aromatic N) is 1. The van der Waals surface area contributed by atoms with E-state index in [2.05, 4.69) is 10.3 Å². The smallest absolute Gasteiger partial charge is 0.274 e. The van der Waals surface area contributed by atoms with Crippen molar-refractivity contribution in [2.45, 2.75) is 13.8 Å². The SMILES string of the molecule is Cc1cc(C)nc(C(=O)Nc2ccc(Cl)cc2)c1. The molecule has 0 radical (unpaired) electrons. The summed E-state index contributed by atoms with van der Waals surface area (Å²) in [4.78, 5) is 16.2. The normalized spacial score (nSPS) is 10.2. The van der Waals surface area contributed by atoms with Crippen molar-refractivity contribution >= 4 is 23.2 Å². The zero-order valence-corrected chi connectivity index (χ0v) is 11.0. The summed E-state index contributed by atoms with van der Waals surface area (Å²) < 4.78 is 0. The van der Waals surface area contributed by atoms with E-state index in [4.69, 9.17) is 11.6 Å². The highest BCUT2D eigenvalue weighted by Crippen LogP contribution is 2.14. The van der Waals surface area contributed by atoms with Gasteiger partial charge < -0.3 is 5.32 Å². The molecule has 3 nitrogen and oxygen atoms in total. The van der Waals surface area contributed by atoms with Crippen molar-refractivity contribution in [2.24, 2.45) is 0 Å². The number of aromatic nitrogens is 1. The monoisotopic (exact) mass is 260 g/mol. The number of rotatable bonds is 2. The van der Waals surface area contributed by atoms with Crippen molar-refractivity contribution < 1.29 is 4.79 Å². The van der Waals surface area contributed by atoms with Crippen LogP contribution in [0.25, 0.3) is 0 Å². The van der Waals surface area contributed by atoms with E-state index in [1.807, 2.05) is 19.9 Å². The Balaban J connectivity index is 2.19. The second-order valence-electron chi connectivity index (χ2n) is 4.13. The van der Waals surface area contributed by atoms with E-state index in [9.17, 15) is 4.79 Å². The molecule has 0 aliphatic rings. The van der Waals surface area contributed by atoms with Crippen LogP contribution >= 0.6 is 11.6 Å². The number of hydrogen-bond donors (Lipinski definition) is 1. The van der Waals surface area contributed by atoms with Crippen LogP contribution in [0.3, 0.4) is 0 Å². The number of aryl methyl sites for hydroxylation is 2. The Bertz CT molecular complexity index is 559. The van der Waals surface area contributed by atoms with Crippen LogP contribution in [0.15, 0.2) is 36.4 Å². The fourth-order valence-electron chi connectivity index (χ4n) is 1.69. The molecule has 0 aliphatic carbocycles. The standard InChI is InChI=1S/C14H13ClN2O/c1-9-7-10(2)16-13(8-9)14(18)17-12-5-3-11(15)4-6-12/h3-8H,1-2H3,(H,17,18). The van der Waals surface area contributed by atoms with E-state index in [1.165, 1.54) is 0 Å². The van der Waals surface area contributed by atoms with Crippen molar-refractivity contribution in [3.05, 3.63) is 58.4 Å². The lowest BCUT2D eigenvalue weighted by Crippen LogP contribution is -2.14. The second-order valence-corrected chi connectivity index (χ2v) is 4.57. The summed E-state index contributed by atoms with van der Waals surface area (Å²) in [5.41, 5.74) is 2.97. The zero-order chi connectivity index (χ0) is 13.1. The first-order valence-corrected chi connectivity index (χ1v) is 5.94. The maximum Gasteiger partial charge on any atom is 0.274 e. The third kappa shape index (κ3) is 3.08. The molecule has 0 saturated carbocycles. The van der Waals surface area contributed by atoms with Gasteiger partial charge in [0.25, 0.3) is 5.91 Å². The van der Waals surface area contributed by atoms with Gasteiger partial charge in [0.1, 0.15) is 5.69 Å². The summed E-state index contributed by atoms with van der Waals surface area (Å²) in [6.45, 7) is 3.81. The van der Waals surface area contributed by atoms with Gasteiger partial charge >= 0.3 is 0 Å². The Morgan fingerprint density at radius 3 is 2.44 bits per heavy atom. The largest absolute Gasteiger partial charge is 0.321 e. The summed E-state index contributed by atoms with van der Waals surface area (Å²) >= 11 is 5.78. The highest BCUT2D eigenvalue weighted by Gasteiger charge is 2.08. The molecule has 0 atom stereocenters. The van der Waals surface area contributed by atoms with Crippen LogP contribution in [0.4, 0.5) is 5.69 Å². The van der Waals surface area contributed by atoms with Crippen molar-refractivity contribution in [3.63, 3.8) is 0 Å². The van der Waals surface area contributed by atoms with Crippen LogP contribution in [0, 0.1) is 13.8 Å². The molecule has 1 aromatic heterocycles. The van der Waals surface area contributed by atoms with Crippen molar-refractivity contribution in [2.75, 3.05) is 5.32 Å². The molecule has 18 heavy (non-hydrogen) atoms. The molecule has 0 fully saturated rings. The second kappa shape index (κ2) is 5.19. The summed E-state index contributed by atoms with van der Waals surface area (Å²) in [5.74, 6) is -0.218. The number of hydrogen-bond acceptors (Lipinski definition) is 2. The van der Waals surface area contributed by atoms with Gasteiger partial charge in [-0.15, -0.1) is 0 Å². The Labute approximate surface area is 111 Å². The molecule has 0 unspecified atom stereocenters. The summed E-state index contributed by atoms with van der Waals surface area (Å²) in [7, 11) is 0. The molecular formula is C14H13ClN2O. The first kappa shape index (κ1) is 12.6. The minimum absolute atomic E-state index is 0.218. The lowest BCUT2D eigenvalue weighted by molar-refractivity contribution is 0.102. The van der Waals surface area contributed by atoms with Crippen LogP contribution in [0.2, 0.25) is 5.02 Å². The topological polar surface area (TPSA) is 42.0 Å². The quantitative estimate of drug-likeness (QED) is 0.896. The van der Waals surface area contributed by atoms with Gasteiger partial charge in [-0.25, -0.2) is 4.98 Å². The van der Waals surface area contributed by atoms with E-state index < -0.39 is 0 Å². The average Bonchev–Trinajstić information content (AvgIpc) is 2.31. The highest BCUT2D eigenvalue weighted by atomic mass is 35.5. The number of carbonyl (C=O) groups excluding carboxylic acids is 1. The number of halogens is 1. The maximum absolute atomic E-state index is 12.0. The van der Waals surface area contributed by atoms with Crippen molar-refractivity contribution in [3.8, 4) is 0 Å². The van der Waals surface area contributed by atoms with Crippen molar-refractivity contribution in [1.82, 2.24) is 4.98 Å². The van der Waals surface area contributed by atoms with E-state index in [1.54, 1.807) is 30.3 Å². The van der Waals surface area contributed by atoms with Gasteiger partial charge in [-0.05, 0) is 55.8 Å². The molecule has 1 aromatic carbocycles. The number of carbonyl (C=O) groups is 1. The first-order valence-electron chi connectivity index (χ1n) is 5.57. The Morgan fingerprint density at radius 1 is 1.17 bits per heavy atom. The van der Waals surface area contributed by atoms with Crippen molar-refractivity contribution in [1.29, 1.82) is 0 Å². The molecule has 0 saturated heterocycles. The lowest BCUT2D eigenvalue weighted by Gasteiger charge is -2.06. The fourth-order valence-corrected chi connectivity index (χ4v) is 1.81. The molecule has 2 rings (SSSR count). The number of benzene rings is 1. The predicted octanol–water partition coefficient (Wildman–Crippen LogP) is 3.60. The Hall–Kier alpha value is -1.87. The van der Waals surface area contributed by atoms with Crippen LogP contribution in [-0.2, 0) is 0 Å². The molecule has 1 amide bonds. The van der Waals surface area contributed by atoms with E-state index in [0.29, 0.717) is 16.4 Å². The minimum Gasteiger partial charge on any atom is -0.321 e. The van der Waals surface area contributed by atoms with Gasteiger partial charge in [-0.1, -0.05) is 11.6 Å². The minimum atomic E-state index is -0.218. The van der Waals surface area contributed by atoms with Crippen LogP contribution in [-0.4, -0.2) is 10.9 Å². The van der Waals surface area contributed by atoms with E-state index >= 15 is 0 Å². The summed E-state index contributed by atoms with van der Waals surface area (Å²) in [5, 5.41) is 3.42. The molecule has 1 N–H and O–H groups in total. The number of nitrogens with one attached hydrogen (secondary N) is 1. The van der Waals surface area contributed by atoms with Crippen LogP contribution in [0.5, 0.6) is 0 Å². The van der Waals surface area contributed by atoms with Crippen LogP contribution < -0.4 is 5.32 Å². The molecule has 4 heteroatoms. The number of amides is 1. The molecule has 0 spiro atoms. The third-order valence-electron chi connectivity index (χ3n) is 2.43. The molecule has 2 aromatic rings. The molecule has 0 aliphatic heterocycles. The lowest BCUT2D eigenvalue weighted by atomic mass is 10.2. The third-order valence-corrected chi connectivity index (χ3v) is 2.68. The van der Waals surface area contributed by atoms with Gasteiger partial charge in [-0.3, -0.25) is 4.79 Å². The first-order chi connectivity index (χ1) is 8.54. The summed E-state index contributed by atoms with van der Waals surface area (Å²) in [6.07, 6.45) is 0. The zero-order valence-electron chi connectivity index (χ0n) is 10.2. The highest BCUT2D eigenvalue weighted by molar-refractivity contribution is 6.30.